The zero-order chi connectivity index (χ0) is 12.5. The highest BCUT2D eigenvalue weighted by molar-refractivity contribution is 6.32. The second-order valence-corrected chi connectivity index (χ2v) is 4.35. The van der Waals surface area contributed by atoms with E-state index < -0.39 is 0 Å². The van der Waals surface area contributed by atoms with Crippen molar-refractivity contribution in [3.05, 3.63) is 60.0 Å². The van der Waals surface area contributed by atoms with Crippen molar-refractivity contribution in [3.8, 4) is 11.3 Å². The van der Waals surface area contributed by atoms with Crippen LogP contribution in [0.1, 0.15) is 12.5 Å². The summed E-state index contributed by atoms with van der Waals surface area (Å²) >= 11 is 6.12. The maximum Gasteiger partial charge on any atom is 0.174 e. The summed E-state index contributed by atoms with van der Waals surface area (Å²) in [5, 5.41) is 0.420. The largest absolute Gasteiger partial charge is 0.302 e. The smallest absolute Gasteiger partial charge is 0.174 e. The Balaban J connectivity index is 2.18. The van der Waals surface area contributed by atoms with E-state index in [-0.39, 0.29) is 0 Å². The number of nitrogens with zero attached hydrogens (tertiary/aromatic N) is 3. The molecule has 0 fully saturated rings. The fraction of sp³-hybridized carbons (Fsp3) is 0.0714. The third kappa shape index (κ3) is 1.87. The Morgan fingerprint density at radius 3 is 3.06 bits per heavy atom. The van der Waals surface area contributed by atoms with Crippen molar-refractivity contribution in [1.29, 1.82) is 0 Å². The number of aromatic nitrogens is 3. The average Bonchev–Trinajstić information content (AvgIpc) is 2.87. The molecule has 0 saturated heterocycles. The Labute approximate surface area is 110 Å². The van der Waals surface area contributed by atoms with Gasteiger partial charge in [0.05, 0.1) is 5.69 Å². The zero-order valence-corrected chi connectivity index (χ0v) is 10.6. The fourth-order valence-corrected chi connectivity index (χ4v) is 2.15. The lowest BCUT2D eigenvalue weighted by Gasteiger charge is -2.05. The lowest BCUT2D eigenvalue weighted by molar-refractivity contribution is 1.13. The third-order valence-corrected chi connectivity index (χ3v) is 3.10. The average molecular weight is 257 g/mol. The first kappa shape index (κ1) is 11.2. The van der Waals surface area contributed by atoms with Crippen LogP contribution in [-0.4, -0.2) is 14.4 Å². The van der Waals surface area contributed by atoms with Gasteiger partial charge in [0.25, 0.3) is 0 Å². The first-order valence-corrected chi connectivity index (χ1v) is 6.05. The van der Waals surface area contributed by atoms with Gasteiger partial charge >= 0.3 is 0 Å². The molecule has 0 aliphatic carbocycles. The molecule has 18 heavy (non-hydrogen) atoms. The van der Waals surface area contributed by atoms with Gasteiger partial charge in [-0.05, 0) is 18.1 Å². The monoisotopic (exact) mass is 256 g/mol. The van der Waals surface area contributed by atoms with Crippen molar-refractivity contribution in [1.82, 2.24) is 14.4 Å². The van der Waals surface area contributed by atoms with Gasteiger partial charge in [0.15, 0.2) is 10.8 Å². The van der Waals surface area contributed by atoms with E-state index in [9.17, 15) is 0 Å². The molecule has 0 aliphatic heterocycles. The van der Waals surface area contributed by atoms with Crippen LogP contribution in [0.4, 0.5) is 0 Å². The fourth-order valence-electron chi connectivity index (χ4n) is 1.91. The van der Waals surface area contributed by atoms with E-state index in [4.69, 9.17) is 11.6 Å². The summed E-state index contributed by atoms with van der Waals surface area (Å²) < 4.78 is 1.88. The summed E-state index contributed by atoms with van der Waals surface area (Å²) in [6.45, 7) is 2.01. The Kier molecular flexibility index (Phi) is 2.76. The number of hydrogen-bond acceptors (Lipinski definition) is 2. The molecule has 3 rings (SSSR count). The predicted molar refractivity (Wildman–Crippen MR) is 72.5 cm³/mol. The van der Waals surface area contributed by atoms with E-state index in [1.807, 2.05) is 35.9 Å². The summed E-state index contributed by atoms with van der Waals surface area (Å²) in [6.07, 6.45) is 7.56. The van der Waals surface area contributed by atoms with Crippen LogP contribution < -0.4 is 0 Å². The van der Waals surface area contributed by atoms with Gasteiger partial charge in [0.2, 0.25) is 0 Å². The molecule has 1 radical (unpaired) electrons. The Hall–Kier alpha value is -1.87. The van der Waals surface area contributed by atoms with Crippen LogP contribution in [-0.2, 0) is 0 Å². The highest BCUT2D eigenvalue weighted by atomic mass is 35.5. The summed E-state index contributed by atoms with van der Waals surface area (Å²) in [6, 6.07) is 8.18. The maximum absolute atomic E-state index is 6.12. The lowest BCUT2D eigenvalue weighted by atomic mass is 10.1. The van der Waals surface area contributed by atoms with E-state index in [0.717, 1.165) is 16.8 Å². The molecule has 4 heteroatoms. The number of halogens is 1. The molecule has 0 bridgehead atoms. The number of benzene rings is 1. The van der Waals surface area contributed by atoms with E-state index >= 15 is 0 Å². The molecule has 2 heterocycles. The number of rotatable bonds is 2. The highest BCUT2D eigenvalue weighted by Gasteiger charge is 2.07. The van der Waals surface area contributed by atoms with Crippen molar-refractivity contribution >= 4 is 17.2 Å². The van der Waals surface area contributed by atoms with Crippen molar-refractivity contribution in [3.63, 3.8) is 0 Å². The Morgan fingerprint density at radius 2 is 2.22 bits per heavy atom. The number of imidazole rings is 1. The molecule has 1 aromatic carbocycles. The van der Waals surface area contributed by atoms with Crippen molar-refractivity contribution in [2.24, 2.45) is 0 Å². The molecule has 89 valence electrons. The van der Waals surface area contributed by atoms with Crippen molar-refractivity contribution in [2.75, 3.05) is 0 Å². The van der Waals surface area contributed by atoms with Gasteiger partial charge in [0.1, 0.15) is 0 Å². The SMILES string of the molecule is C[CH]c1cccc(-c2cn3ccnc3c(Cl)n2)c1. The van der Waals surface area contributed by atoms with E-state index in [1.54, 1.807) is 6.20 Å². The molecule has 2 aromatic heterocycles. The van der Waals surface area contributed by atoms with Gasteiger partial charge in [-0.1, -0.05) is 36.7 Å². The van der Waals surface area contributed by atoms with Crippen LogP contribution in [0.3, 0.4) is 0 Å². The van der Waals surface area contributed by atoms with Gasteiger partial charge in [-0.2, -0.15) is 0 Å². The van der Waals surface area contributed by atoms with Gasteiger partial charge in [0, 0.05) is 24.2 Å². The molecular weight excluding hydrogens is 246 g/mol. The molecule has 0 spiro atoms. The van der Waals surface area contributed by atoms with Gasteiger partial charge in [-0.15, -0.1) is 0 Å². The quantitative estimate of drug-likeness (QED) is 0.701. The van der Waals surface area contributed by atoms with Crippen molar-refractivity contribution in [2.45, 2.75) is 6.92 Å². The zero-order valence-electron chi connectivity index (χ0n) is 9.84. The molecule has 3 aromatic rings. The summed E-state index contributed by atoms with van der Waals surface area (Å²) in [4.78, 5) is 8.54. The molecular formula is C14H11ClN3. The lowest BCUT2D eigenvalue weighted by Crippen LogP contribution is -1.92. The minimum Gasteiger partial charge on any atom is -0.302 e. The van der Waals surface area contributed by atoms with Crippen LogP contribution in [0.5, 0.6) is 0 Å². The molecule has 0 N–H and O–H groups in total. The van der Waals surface area contributed by atoms with Gasteiger partial charge in [-0.25, -0.2) is 9.97 Å². The van der Waals surface area contributed by atoms with E-state index in [0.29, 0.717) is 10.8 Å². The molecule has 0 aliphatic rings. The normalized spacial score (nSPS) is 11.0. The minimum absolute atomic E-state index is 0.420. The second kappa shape index (κ2) is 4.42. The van der Waals surface area contributed by atoms with Crippen LogP contribution >= 0.6 is 11.6 Å². The van der Waals surface area contributed by atoms with Gasteiger partial charge in [-0.3, -0.25) is 0 Å². The van der Waals surface area contributed by atoms with Crippen LogP contribution in [0, 0.1) is 6.42 Å². The molecule has 0 unspecified atom stereocenters. The molecule has 3 nitrogen and oxygen atoms in total. The summed E-state index contributed by atoms with van der Waals surface area (Å²) in [5.74, 6) is 0. The summed E-state index contributed by atoms with van der Waals surface area (Å²) in [7, 11) is 0. The number of fused-ring (bicyclic) bond motifs is 1. The predicted octanol–water partition coefficient (Wildman–Crippen LogP) is 3.62. The highest BCUT2D eigenvalue weighted by Crippen LogP contribution is 2.22. The standard InChI is InChI=1S/C14H11ClN3/c1-2-10-4-3-5-11(8-10)12-9-18-7-6-16-14(18)13(15)17-12/h2-9H,1H3. The van der Waals surface area contributed by atoms with Crippen molar-refractivity contribution < 1.29 is 0 Å². The molecule has 0 atom stereocenters. The topological polar surface area (TPSA) is 30.2 Å². The van der Waals surface area contributed by atoms with Crippen LogP contribution in [0.2, 0.25) is 5.15 Å². The third-order valence-electron chi connectivity index (χ3n) is 2.85. The first-order valence-electron chi connectivity index (χ1n) is 5.67. The molecule has 0 saturated carbocycles. The van der Waals surface area contributed by atoms with E-state index in [2.05, 4.69) is 28.5 Å². The first-order chi connectivity index (χ1) is 8.78. The van der Waals surface area contributed by atoms with E-state index in [1.165, 1.54) is 0 Å². The second-order valence-electron chi connectivity index (χ2n) is 3.99. The number of hydrogen-bond donors (Lipinski definition) is 0. The Morgan fingerprint density at radius 1 is 1.33 bits per heavy atom. The van der Waals surface area contributed by atoms with Crippen LogP contribution in [0.25, 0.3) is 16.9 Å². The molecule has 0 amide bonds. The maximum atomic E-state index is 6.12. The minimum atomic E-state index is 0.420. The van der Waals surface area contributed by atoms with Gasteiger partial charge < -0.3 is 4.40 Å². The summed E-state index contributed by atoms with van der Waals surface area (Å²) in [5.41, 5.74) is 3.73. The van der Waals surface area contributed by atoms with Crippen LogP contribution in [0.15, 0.2) is 42.9 Å². The Bertz CT molecular complexity index is 703.